The first kappa shape index (κ1) is 14.3. The predicted octanol–water partition coefficient (Wildman–Crippen LogP) is 1.66. The fraction of sp³-hybridized carbons (Fsp3) is 0.600. The van der Waals surface area contributed by atoms with E-state index >= 15 is 0 Å². The molecule has 0 radical (unpaired) electrons. The van der Waals surface area contributed by atoms with E-state index in [1.807, 2.05) is 13.2 Å². The molecule has 1 rings (SSSR count). The average Bonchev–Trinajstić information content (AvgIpc) is 2.31. The highest BCUT2D eigenvalue weighted by molar-refractivity contribution is 7.99. The number of aliphatic hydroxyl groups excluding tert-OH is 1. The Hall–Kier alpha value is -0.720. The summed E-state index contributed by atoms with van der Waals surface area (Å²) in [4.78, 5) is 7.92. The molecule has 1 heterocycles. The molecule has 0 aromatic carbocycles. The van der Waals surface area contributed by atoms with Crippen LogP contribution in [0.1, 0.15) is 6.92 Å². The molecule has 0 bridgehead atoms. The van der Waals surface area contributed by atoms with Crippen LogP contribution in [0.25, 0.3) is 0 Å². The average molecular weight is 278 g/mol. The SMILES string of the molecule is COc1c(Cl)ncnc1NC(C)C(CO)SC. The van der Waals surface area contributed by atoms with Gasteiger partial charge in [-0.25, -0.2) is 9.97 Å². The first-order valence-electron chi connectivity index (χ1n) is 5.08. The Kier molecular flexibility index (Phi) is 5.80. The van der Waals surface area contributed by atoms with Crippen molar-refractivity contribution in [2.45, 2.75) is 18.2 Å². The molecule has 2 N–H and O–H groups in total. The first-order chi connectivity index (χ1) is 8.13. The summed E-state index contributed by atoms with van der Waals surface area (Å²) in [5.41, 5.74) is 0. The third kappa shape index (κ3) is 3.62. The molecule has 0 amide bonds. The number of aromatic nitrogens is 2. The van der Waals surface area contributed by atoms with Crippen molar-refractivity contribution in [3.05, 3.63) is 11.5 Å². The molecule has 7 heteroatoms. The van der Waals surface area contributed by atoms with E-state index in [0.29, 0.717) is 11.6 Å². The molecule has 1 aromatic heterocycles. The smallest absolute Gasteiger partial charge is 0.198 e. The monoisotopic (exact) mass is 277 g/mol. The van der Waals surface area contributed by atoms with Crippen molar-refractivity contribution < 1.29 is 9.84 Å². The lowest BCUT2D eigenvalue weighted by molar-refractivity contribution is 0.288. The number of halogens is 1. The van der Waals surface area contributed by atoms with Crippen LogP contribution in [0.3, 0.4) is 0 Å². The second-order valence-electron chi connectivity index (χ2n) is 3.44. The van der Waals surface area contributed by atoms with E-state index in [1.54, 1.807) is 11.8 Å². The fourth-order valence-corrected chi connectivity index (χ4v) is 2.22. The minimum Gasteiger partial charge on any atom is -0.490 e. The van der Waals surface area contributed by atoms with Gasteiger partial charge in [0.05, 0.1) is 13.7 Å². The third-order valence-electron chi connectivity index (χ3n) is 2.37. The minimum absolute atomic E-state index is 0.0369. The molecule has 0 saturated heterocycles. The van der Waals surface area contributed by atoms with Crippen LogP contribution in [0.15, 0.2) is 6.33 Å². The van der Waals surface area contributed by atoms with Crippen molar-refractivity contribution in [3.63, 3.8) is 0 Å². The van der Waals surface area contributed by atoms with Crippen LogP contribution in [0, 0.1) is 0 Å². The molecule has 2 unspecified atom stereocenters. The number of nitrogens with one attached hydrogen (secondary N) is 1. The van der Waals surface area contributed by atoms with Crippen LogP contribution < -0.4 is 10.1 Å². The lowest BCUT2D eigenvalue weighted by Gasteiger charge is -2.22. The molecule has 17 heavy (non-hydrogen) atoms. The summed E-state index contributed by atoms with van der Waals surface area (Å²) in [5.74, 6) is 0.950. The molecule has 2 atom stereocenters. The molecule has 0 aliphatic rings. The van der Waals surface area contributed by atoms with Gasteiger partial charge >= 0.3 is 0 Å². The van der Waals surface area contributed by atoms with Gasteiger partial charge in [0.1, 0.15) is 6.33 Å². The Morgan fingerprint density at radius 2 is 2.29 bits per heavy atom. The molecule has 0 aliphatic heterocycles. The molecule has 0 saturated carbocycles. The van der Waals surface area contributed by atoms with Crippen molar-refractivity contribution in [2.75, 3.05) is 25.3 Å². The van der Waals surface area contributed by atoms with Crippen LogP contribution in [-0.4, -0.2) is 46.3 Å². The Bertz CT molecular complexity index is 363. The number of nitrogens with zero attached hydrogens (tertiary/aromatic N) is 2. The Morgan fingerprint density at radius 1 is 1.59 bits per heavy atom. The number of aliphatic hydroxyl groups is 1. The van der Waals surface area contributed by atoms with Gasteiger partial charge in [0.2, 0.25) is 0 Å². The van der Waals surface area contributed by atoms with Crippen molar-refractivity contribution in [3.8, 4) is 5.75 Å². The van der Waals surface area contributed by atoms with Crippen molar-refractivity contribution in [1.82, 2.24) is 9.97 Å². The maximum absolute atomic E-state index is 9.20. The molecular formula is C10H16ClN3O2S. The van der Waals surface area contributed by atoms with Gasteiger partial charge in [-0.1, -0.05) is 11.6 Å². The van der Waals surface area contributed by atoms with E-state index in [4.69, 9.17) is 16.3 Å². The number of anilines is 1. The fourth-order valence-electron chi connectivity index (χ4n) is 1.38. The number of thioether (sulfide) groups is 1. The minimum atomic E-state index is 0.0369. The summed E-state index contributed by atoms with van der Waals surface area (Å²) in [7, 11) is 1.51. The van der Waals surface area contributed by atoms with Crippen LogP contribution in [-0.2, 0) is 0 Å². The van der Waals surface area contributed by atoms with Crippen molar-refractivity contribution in [2.24, 2.45) is 0 Å². The summed E-state index contributed by atoms with van der Waals surface area (Å²) in [5, 5.41) is 12.7. The zero-order chi connectivity index (χ0) is 12.8. The second-order valence-corrected chi connectivity index (χ2v) is 4.87. The maximum Gasteiger partial charge on any atom is 0.198 e. The van der Waals surface area contributed by atoms with Gasteiger partial charge in [-0.2, -0.15) is 11.8 Å². The topological polar surface area (TPSA) is 67.3 Å². The normalized spacial score (nSPS) is 14.2. The highest BCUT2D eigenvalue weighted by Gasteiger charge is 2.18. The lowest BCUT2D eigenvalue weighted by atomic mass is 10.2. The zero-order valence-electron chi connectivity index (χ0n) is 9.98. The van der Waals surface area contributed by atoms with Gasteiger partial charge in [-0.05, 0) is 13.2 Å². The van der Waals surface area contributed by atoms with Gasteiger partial charge in [0.25, 0.3) is 0 Å². The first-order valence-corrected chi connectivity index (χ1v) is 6.75. The van der Waals surface area contributed by atoms with E-state index in [1.165, 1.54) is 13.4 Å². The molecule has 1 aromatic rings. The quantitative estimate of drug-likeness (QED) is 0.771. The van der Waals surface area contributed by atoms with E-state index in [-0.39, 0.29) is 23.1 Å². The van der Waals surface area contributed by atoms with Crippen molar-refractivity contribution >= 4 is 29.2 Å². The lowest BCUT2D eigenvalue weighted by Crippen LogP contribution is -2.31. The number of ether oxygens (including phenoxy) is 1. The summed E-state index contributed by atoms with van der Waals surface area (Å²) in [6.07, 6.45) is 3.32. The van der Waals surface area contributed by atoms with E-state index in [9.17, 15) is 5.11 Å². The number of hydrogen-bond donors (Lipinski definition) is 2. The maximum atomic E-state index is 9.20. The van der Waals surface area contributed by atoms with E-state index < -0.39 is 0 Å². The summed E-state index contributed by atoms with van der Waals surface area (Å²) in [6.45, 7) is 2.06. The molecular weight excluding hydrogens is 262 g/mol. The van der Waals surface area contributed by atoms with Crippen molar-refractivity contribution in [1.29, 1.82) is 0 Å². The summed E-state index contributed by atoms with van der Waals surface area (Å²) >= 11 is 7.47. The highest BCUT2D eigenvalue weighted by atomic mass is 35.5. The van der Waals surface area contributed by atoms with Gasteiger partial charge in [0.15, 0.2) is 16.7 Å². The van der Waals surface area contributed by atoms with Crippen LogP contribution in [0.5, 0.6) is 5.75 Å². The third-order valence-corrected chi connectivity index (χ3v) is 3.80. The second kappa shape index (κ2) is 6.88. The summed E-state index contributed by atoms with van der Waals surface area (Å²) < 4.78 is 5.14. The van der Waals surface area contributed by atoms with Gasteiger partial charge in [-0.3, -0.25) is 0 Å². The van der Waals surface area contributed by atoms with Gasteiger partial charge < -0.3 is 15.2 Å². The van der Waals surface area contributed by atoms with Crippen LogP contribution >= 0.6 is 23.4 Å². The highest BCUT2D eigenvalue weighted by Crippen LogP contribution is 2.29. The number of hydrogen-bond acceptors (Lipinski definition) is 6. The predicted molar refractivity (Wildman–Crippen MR) is 71.1 cm³/mol. The molecule has 0 aliphatic carbocycles. The standard InChI is InChI=1S/C10H16ClN3O2S/c1-6(7(4-15)17-3)14-10-8(16-2)9(11)12-5-13-10/h5-7,15H,4H2,1-3H3,(H,12,13,14). The Morgan fingerprint density at radius 3 is 2.82 bits per heavy atom. The number of rotatable bonds is 6. The molecule has 5 nitrogen and oxygen atoms in total. The van der Waals surface area contributed by atoms with Crippen LogP contribution in [0.2, 0.25) is 5.15 Å². The molecule has 0 fully saturated rings. The summed E-state index contributed by atoms with van der Waals surface area (Å²) in [6, 6.07) is 0.0369. The van der Waals surface area contributed by atoms with E-state index in [2.05, 4.69) is 15.3 Å². The van der Waals surface area contributed by atoms with E-state index in [0.717, 1.165) is 0 Å². The Labute approximate surface area is 110 Å². The van der Waals surface area contributed by atoms with Crippen LogP contribution in [0.4, 0.5) is 5.82 Å². The number of methoxy groups -OCH3 is 1. The zero-order valence-corrected chi connectivity index (χ0v) is 11.5. The largest absolute Gasteiger partial charge is 0.490 e. The molecule has 0 spiro atoms. The van der Waals surface area contributed by atoms with Gasteiger partial charge in [0, 0.05) is 11.3 Å². The van der Waals surface area contributed by atoms with Gasteiger partial charge in [-0.15, -0.1) is 0 Å². The molecule has 96 valence electrons. The Balaban J connectivity index is 2.84.